The summed E-state index contributed by atoms with van der Waals surface area (Å²) in [4.78, 5) is 4.70. The summed E-state index contributed by atoms with van der Waals surface area (Å²) in [6.07, 6.45) is -0.623. The molecular formula is C7H12N2O3S2. The predicted octanol–water partition coefficient (Wildman–Crippen LogP) is 0.293. The lowest BCUT2D eigenvalue weighted by molar-refractivity contribution is 0.202. The SMILES string of the molecule is Cc1nc(CS(N)(=O)=O)sc1C(C)O. The Morgan fingerprint density at radius 3 is 2.57 bits per heavy atom. The van der Waals surface area contributed by atoms with Gasteiger partial charge in [0.05, 0.1) is 16.7 Å². The summed E-state index contributed by atoms with van der Waals surface area (Å²) in [6, 6.07) is 0. The predicted molar refractivity (Wildman–Crippen MR) is 54.3 cm³/mol. The van der Waals surface area contributed by atoms with Crippen LogP contribution in [0.1, 0.15) is 28.6 Å². The van der Waals surface area contributed by atoms with Crippen LogP contribution in [0.3, 0.4) is 0 Å². The first-order valence-electron chi connectivity index (χ1n) is 3.94. The van der Waals surface area contributed by atoms with Crippen LogP contribution in [0.4, 0.5) is 0 Å². The lowest BCUT2D eigenvalue weighted by Crippen LogP contribution is -2.14. The first-order chi connectivity index (χ1) is 6.29. The minimum atomic E-state index is -3.54. The maximum absolute atomic E-state index is 10.8. The van der Waals surface area contributed by atoms with Crippen molar-refractivity contribution in [3.63, 3.8) is 0 Å². The van der Waals surface area contributed by atoms with Gasteiger partial charge in [0, 0.05) is 0 Å². The normalized spacial score (nSPS) is 14.3. The highest BCUT2D eigenvalue weighted by atomic mass is 32.2. The van der Waals surface area contributed by atoms with Crippen LogP contribution >= 0.6 is 11.3 Å². The Bertz CT molecular complexity index is 422. The second-order valence-electron chi connectivity index (χ2n) is 3.04. The van der Waals surface area contributed by atoms with Gasteiger partial charge in [-0.25, -0.2) is 18.5 Å². The largest absolute Gasteiger partial charge is 0.388 e. The van der Waals surface area contributed by atoms with Crippen LogP contribution in [0.5, 0.6) is 0 Å². The topological polar surface area (TPSA) is 93.3 Å². The van der Waals surface area contributed by atoms with E-state index < -0.39 is 16.1 Å². The standard InChI is InChI=1S/C7H12N2O3S2/c1-4-7(5(2)10)13-6(9-4)3-14(8,11)12/h5,10H,3H2,1-2H3,(H2,8,11,12). The van der Waals surface area contributed by atoms with Crippen molar-refractivity contribution in [1.29, 1.82) is 0 Å². The number of primary sulfonamides is 1. The molecule has 0 aliphatic heterocycles. The van der Waals surface area contributed by atoms with Crippen LogP contribution in [0, 0.1) is 6.92 Å². The van der Waals surface area contributed by atoms with Crippen molar-refractivity contribution in [2.24, 2.45) is 5.14 Å². The molecule has 1 heterocycles. The summed E-state index contributed by atoms with van der Waals surface area (Å²) >= 11 is 1.17. The Balaban J connectivity index is 2.98. The molecule has 0 spiro atoms. The molecule has 0 saturated carbocycles. The van der Waals surface area contributed by atoms with Crippen LogP contribution in [0.25, 0.3) is 0 Å². The smallest absolute Gasteiger partial charge is 0.215 e. The zero-order chi connectivity index (χ0) is 10.9. The number of sulfonamides is 1. The number of rotatable bonds is 3. The summed E-state index contributed by atoms with van der Waals surface area (Å²) in [5, 5.41) is 14.6. The third-order valence-electron chi connectivity index (χ3n) is 1.58. The average molecular weight is 236 g/mol. The summed E-state index contributed by atoms with van der Waals surface area (Å²) in [5.41, 5.74) is 0.656. The second-order valence-corrected chi connectivity index (χ2v) is 5.77. The van der Waals surface area contributed by atoms with Crippen molar-refractivity contribution in [3.8, 4) is 0 Å². The van der Waals surface area contributed by atoms with Gasteiger partial charge in [0.15, 0.2) is 0 Å². The van der Waals surface area contributed by atoms with Crippen molar-refractivity contribution in [2.45, 2.75) is 25.7 Å². The van der Waals surface area contributed by atoms with E-state index in [1.54, 1.807) is 13.8 Å². The summed E-state index contributed by atoms with van der Waals surface area (Å²) in [5.74, 6) is -0.273. The van der Waals surface area contributed by atoms with E-state index in [1.165, 1.54) is 11.3 Å². The molecular weight excluding hydrogens is 224 g/mol. The quantitative estimate of drug-likeness (QED) is 0.789. The van der Waals surface area contributed by atoms with Crippen molar-refractivity contribution >= 4 is 21.4 Å². The first kappa shape index (κ1) is 11.6. The molecule has 1 aromatic heterocycles. The van der Waals surface area contributed by atoms with E-state index in [0.29, 0.717) is 15.6 Å². The average Bonchev–Trinajstić information content (AvgIpc) is 2.26. The molecule has 0 aliphatic rings. The summed E-state index contributed by atoms with van der Waals surface area (Å²) in [7, 11) is -3.54. The number of aryl methyl sites for hydroxylation is 1. The number of thiazole rings is 1. The highest BCUT2D eigenvalue weighted by Gasteiger charge is 2.15. The Hall–Kier alpha value is -0.500. The molecule has 5 nitrogen and oxygen atoms in total. The molecule has 14 heavy (non-hydrogen) atoms. The maximum atomic E-state index is 10.8. The molecule has 0 saturated heterocycles. The van der Waals surface area contributed by atoms with Crippen LogP contribution in [-0.4, -0.2) is 18.5 Å². The fourth-order valence-electron chi connectivity index (χ4n) is 1.09. The van der Waals surface area contributed by atoms with Gasteiger partial charge in [-0.15, -0.1) is 11.3 Å². The van der Waals surface area contributed by atoms with Gasteiger partial charge in [-0.1, -0.05) is 0 Å². The minimum Gasteiger partial charge on any atom is -0.388 e. The molecule has 3 N–H and O–H groups in total. The van der Waals surface area contributed by atoms with Gasteiger partial charge >= 0.3 is 0 Å². The molecule has 0 fully saturated rings. The van der Waals surface area contributed by atoms with Crippen molar-refractivity contribution < 1.29 is 13.5 Å². The van der Waals surface area contributed by atoms with Gasteiger partial charge in [0.2, 0.25) is 10.0 Å². The highest BCUT2D eigenvalue weighted by molar-refractivity contribution is 7.88. The van der Waals surface area contributed by atoms with E-state index in [4.69, 9.17) is 5.14 Å². The highest BCUT2D eigenvalue weighted by Crippen LogP contribution is 2.25. The van der Waals surface area contributed by atoms with Gasteiger partial charge in [-0.05, 0) is 13.8 Å². The molecule has 0 radical (unpaired) electrons. The van der Waals surface area contributed by atoms with Gasteiger partial charge < -0.3 is 5.11 Å². The monoisotopic (exact) mass is 236 g/mol. The van der Waals surface area contributed by atoms with Gasteiger partial charge in [0.25, 0.3) is 0 Å². The third-order valence-corrected chi connectivity index (χ3v) is 3.77. The van der Waals surface area contributed by atoms with Crippen LogP contribution in [0.2, 0.25) is 0 Å². The van der Waals surface area contributed by atoms with E-state index in [-0.39, 0.29) is 5.75 Å². The van der Waals surface area contributed by atoms with Crippen LogP contribution in [0.15, 0.2) is 0 Å². The van der Waals surface area contributed by atoms with Gasteiger partial charge in [0.1, 0.15) is 10.8 Å². The lowest BCUT2D eigenvalue weighted by atomic mass is 10.3. The van der Waals surface area contributed by atoms with E-state index in [1.807, 2.05) is 0 Å². The zero-order valence-electron chi connectivity index (χ0n) is 7.89. The molecule has 0 aromatic carbocycles. The Morgan fingerprint density at radius 2 is 2.21 bits per heavy atom. The number of aliphatic hydroxyl groups is 1. The van der Waals surface area contributed by atoms with Crippen LogP contribution in [-0.2, 0) is 15.8 Å². The first-order valence-corrected chi connectivity index (χ1v) is 6.47. The molecule has 7 heteroatoms. The lowest BCUT2D eigenvalue weighted by Gasteiger charge is -1.98. The number of nitrogens with two attached hydrogens (primary N) is 1. The molecule has 1 atom stereocenters. The van der Waals surface area contributed by atoms with E-state index in [0.717, 1.165) is 0 Å². The van der Waals surface area contributed by atoms with Crippen LogP contribution < -0.4 is 5.14 Å². The molecule has 0 amide bonds. The molecule has 1 aromatic rings. The van der Waals surface area contributed by atoms with E-state index in [9.17, 15) is 13.5 Å². The molecule has 0 aliphatic carbocycles. The Kier molecular flexibility index (Phi) is 3.25. The third kappa shape index (κ3) is 3.02. The van der Waals surface area contributed by atoms with E-state index >= 15 is 0 Å². The number of aromatic nitrogens is 1. The zero-order valence-corrected chi connectivity index (χ0v) is 9.52. The number of hydrogen-bond acceptors (Lipinski definition) is 5. The fraction of sp³-hybridized carbons (Fsp3) is 0.571. The summed E-state index contributed by atoms with van der Waals surface area (Å²) < 4.78 is 21.5. The fourth-order valence-corrected chi connectivity index (χ4v) is 3.02. The van der Waals surface area contributed by atoms with Crippen molar-refractivity contribution in [2.75, 3.05) is 0 Å². The Morgan fingerprint density at radius 1 is 1.64 bits per heavy atom. The van der Waals surface area contributed by atoms with Crippen molar-refractivity contribution in [1.82, 2.24) is 4.98 Å². The minimum absolute atomic E-state index is 0.273. The summed E-state index contributed by atoms with van der Waals surface area (Å²) in [6.45, 7) is 3.34. The molecule has 80 valence electrons. The van der Waals surface area contributed by atoms with E-state index in [2.05, 4.69) is 4.98 Å². The number of hydrogen-bond donors (Lipinski definition) is 2. The Labute approximate surface area is 86.6 Å². The molecule has 1 rings (SSSR count). The molecule has 1 unspecified atom stereocenters. The number of nitrogens with zero attached hydrogens (tertiary/aromatic N) is 1. The van der Waals surface area contributed by atoms with Crippen molar-refractivity contribution in [3.05, 3.63) is 15.6 Å². The van der Waals surface area contributed by atoms with Gasteiger partial charge in [-0.3, -0.25) is 0 Å². The molecule has 0 bridgehead atoms. The van der Waals surface area contributed by atoms with Gasteiger partial charge in [-0.2, -0.15) is 0 Å². The maximum Gasteiger partial charge on any atom is 0.215 e. The second kappa shape index (κ2) is 3.93. The number of aliphatic hydroxyl groups excluding tert-OH is 1.